The molecule has 0 radical (unpaired) electrons. The van der Waals surface area contributed by atoms with E-state index < -0.39 is 30.2 Å². The minimum Gasteiger partial charge on any atom is -0.445 e. The lowest BCUT2D eigenvalue weighted by Crippen LogP contribution is -2.53. The van der Waals surface area contributed by atoms with Crippen molar-refractivity contribution in [3.05, 3.63) is 95.3 Å². The third kappa shape index (κ3) is 12.2. The maximum Gasteiger partial charge on any atom is 0.410 e. The first-order valence-corrected chi connectivity index (χ1v) is 13.7. The summed E-state index contributed by atoms with van der Waals surface area (Å²) in [6.07, 6.45) is 0.00455. The number of aryl methyl sites for hydroxylation is 2. The Morgan fingerprint density at radius 1 is 0.810 bits per heavy atom. The van der Waals surface area contributed by atoms with Gasteiger partial charge in [0.25, 0.3) is 0 Å². The molecular formula is C31H39N5O6. The predicted octanol–water partition coefficient (Wildman–Crippen LogP) is 5.40. The maximum atomic E-state index is 12.6. The largest absolute Gasteiger partial charge is 0.445 e. The second-order valence-electron chi connectivity index (χ2n) is 10.5. The zero-order valence-electron chi connectivity index (χ0n) is 24.4. The molecule has 0 saturated heterocycles. The number of alkyl carbamates (subject to hydrolysis) is 3. The molecule has 0 aliphatic carbocycles. The number of carbonyl (C=O) groups is 3. The molecule has 3 amide bonds. The van der Waals surface area contributed by atoms with E-state index in [1.807, 2.05) is 87.5 Å². The Morgan fingerprint density at radius 2 is 1.36 bits per heavy atom. The number of benzene rings is 2. The summed E-state index contributed by atoms with van der Waals surface area (Å²) in [4.78, 5) is 41.6. The van der Waals surface area contributed by atoms with Crippen LogP contribution in [0.3, 0.4) is 0 Å². The molecule has 11 nitrogen and oxygen atoms in total. The van der Waals surface area contributed by atoms with Crippen molar-refractivity contribution in [1.82, 2.24) is 20.9 Å². The molecular weight excluding hydrogens is 538 g/mol. The van der Waals surface area contributed by atoms with E-state index in [2.05, 4.69) is 26.3 Å². The maximum absolute atomic E-state index is 12.6. The van der Waals surface area contributed by atoms with Crippen molar-refractivity contribution in [2.75, 3.05) is 11.9 Å². The molecule has 224 valence electrons. The standard InChI is InChI=1S/C31H39N5O6/c1-22-26(18-25(19-33-22)16-11-17-32-28(37)42-31(2,3)4)34-27(35-29(38)40-20-23-12-7-5-8-13-23)36-30(39)41-21-24-14-9-6-10-15-24/h5-10,12-15,18-19,27,34H,11,16-17,20-21H2,1-4H3,(H,32,37)(H,35,38)(H,36,39). The highest BCUT2D eigenvalue weighted by Crippen LogP contribution is 2.16. The minimum atomic E-state index is -1.07. The Morgan fingerprint density at radius 3 is 1.88 bits per heavy atom. The third-order valence-electron chi connectivity index (χ3n) is 5.70. The van der Waals surface area contributed by atoms with Crippen LogP contribution in [0, 0.1) is 6.92 Å². The molecule has 0 bridgehead atoms. The topological polar surface area (TPSA) is 140 Å². The monoisotopic (exact) mass is 577 g/mol. The zero-order valence-corrected chi connectivity index (χ0v) is 24.4. The average Bonchev–Trinajstić information content (AvgIpc) is 2.95. The molecule has 0 aliphatic heterocycles. The van der Waals surface area contributed by atoms with Gasteiger partial charge in [-0.25, -0.2) is 14.4 Å². The van der Waals surface area contributed by atoms with Crippen LogP contribution in [0.5, 0.6) is 0 Å². The molecule has 0 fully saturated rings. The summed E-state index contributed by atoms with van der Waals surface area (Å²) in [5, 5.41) is 11.1. The molecule has 0 unspecified atom stereocenters. The summed E-state index contributed by atoms with van der Waals surface area (Å²) in [6, 6.07) is 20.4. The van der Waals surface area contributed by atoms with Gasteiger partial charge >= 0.3 is 18.3 Å². The van der Waals surface area contributed by atoms with E-state index in [4.69, 9.17) is 14.2 Å². The smallest absolute Gasteiger partial charge is 0.410 e. The van der Waals surface area contributed by atoms with E-state index >= 15 is 0 Å². The Bertz CT molecular complexity index is 1240. The Balaban J connectivity index is 1.61. The van der Waals surface area contributed by atoms with Gasteiger partial charge in [-0.2, -0.15) is 0 Å². The number of nitrogens with one attached hydrogen (secondary N) is 4. The van der Waals surface area contributed by atoms with E-state index in [1.54, 1.807) is 13.1 Å². The van der Waals surface area contributed by atoms with Gasteiger partial charge in [0.05, 0.1) is 11.4 Å². The molecule has 0 saturated carbocycles. The fourth-order valence-electron chi connectivity index (χ4n) is 3.69. The normalized spacial score (nSPS) is 10.9. The molecule has 0 spiro atoms. The SMILES string of the molecule is Cc1ncc(CCCNC(=O)OC(C)(C)C)cc1NC(NC(=O)OCc1ccccc1)NC(=O)OCc1ccccc1. The van der Waals surface area contributed by atoms with Crippen LogP contribution in [0.25, 0.3) is 0 Å². The van der Waals surface area contributed by atoms with Gasteiger partial charge < -0.3 is 24.8 Å². The predicted molar refractivity (Wildman–Crippen MR) is 158 cm³/mol. The number of amides is 3. The van der Waals surface area contributed by atoms with Crippen LogP contribution < -0.4 is 21.3 Å². The van der Waals surface area contributed by atoms with E-state index in [0.29, 0.717) is 30.8 Å². The fraction of sp³-hybridized carbons (Fsp3) is 0.355. The van der Waals surface area contributed by atoms with Crippen molar-refractivity contribution in [2.24, 2.45) is 0 Å². The van der Waals surface area contributed by atoms with Crippen LogP contribution in [0.2, 0.25) is 0 Å². The van der Waals surface area contributed by atoms with Crippen molar-refractivity contribution in [2.45, 2.75) is 65.6 Å². The average molecular weight is 578 g/mol. The molecule has 1 heterocycles. The number of ether oxygens (including phenoxy) is 3. The van der Waals surface area contributed by atoms with E-state index in [0.717, 1.165) is 16.7 Å². The lowest BCUT2D eigenvalue weighted by Gasteiger charge is -2.23. The van der Waals surface area contributed by atoms with Crippen LogP contribution in [-0.4, -0.2) is 41.7 Å². The summed E-state index contributed by atoms with van der Waals surface area (Å²) in [7, 11) is 0. The van der Waals surface area contributed by atoms with E-state index in [-0.39, 0.29) is 13.2 Å². The van der Waals surface area contributed by atoms with Crippen LogP contribution in [0.15, 0.2) is 72.9 Å². The molecule has 0 aliphatic rings. The molecule has 1 aromatic heterocycles. The lowest BCUT2D eigenvalue weighted by atomic mass is 10.1. The summed E-state index contributed by atoms with van der Waals surface area (Å²) in [5.41, 5.74) is 3.21. The van der Waals surface area contributed by atoms with E-state index in [1.165, 1.54) is 0 Å². The fourth-order valence-corrected chi connectivity index (χ4v) is 3.69. The minimum absolute atomic E-state index is 0.0608. The van der Waals surface area contributed by atoms with Gasteiger partial charge in [0, 0.05) is 12.7 Å². The lowest BCUT2D eigenvalue weighted by molar-refractivity contribution is 0.0527. The molecule has 3 aromatic rings. The number of rotatable bonds is 12. The number of pyridine rings is 1. The number of nitrogens with zero attached hydrogens (tertiary/aromatic N) is 1. The highest BCUT2D eigenvalue weighted by molar-refractivity contribution is 5.72. The second-order valence-corrected chi connectivity index (χ2v) is 10.5. The molecule has 2 aromatic carbocycles. The molecule has 11 heteroatoms. The Hall–Kier alpha value is -4.80. The van der Waals surface area contributed by atoms with Gasteiger partial charge in [0.1, 0.15) is 18.8 Å². The van der Waals surface area contributed by atoms with Gasteiger partial charge in [-0.15, -0.1) is 0 Å². The number of anilines is 1. The summed E-state index contributed by atoms with van der Waals surface area (Å²) >= 11 is 0. The van der Waals surface area contributed by atoms with Crippen molar-refractivity contribution in [3.8, 4) is 0 Å². The second kappa shape index (κ2) is 15.8. The number of aromatic nitrogens is 1. The van der Waals surface area contributed by atoms with Gasteiger partial charge in [-0.1, -0.05) is 60.7 Å². The van der Waals surface area contributed by atoms with Crippen molar-refractivity contribution in [1.29, 1.82) is 0 Å². The number of hydrogen-bond donors (Lipinski definition) is 4. The zero-order chi connectivity index (χ0) is 30.4. The summed E-state index contributed by atoms with van der Waals surface area (Å²) in [5.74, 6) is 0. The van der Waals surface area contributed by atoms with Crippen LogP contribution in [-0.2, 0) is 33.8 Å². The number of carbonyl (C=O) groups excluding carboxylic acids is 3. The van der Waals surface area contributed by atoms with Crippen molar-refractivity contribution < 1.29 is 28.6 Å². The summed E-state index contributed by atoms with van der Waals surface area (Å²) in [6.45, 7) is 7.77. The van der Waals surface area contributed by atoms with E-state index in [9.17, 15) is 14.4 Å². The molecule has 42 heavy (non-hydrogen) atoms. The Labute approximate surface area is 246 Å². The van der Waals surface area contributed by atoms with Crippen LogP contribution in [0.1, 0.15) is 49.6 Å². The van der Waals surface area contributed by atoms with Crippen LogP contribution in [0.4, 0.5) is 20.1 Å². The third-order valence-corrected chi connectivity index (χ3v) is 5.70. The highest BCUT2D eigenvalue weighted by atomic mass is 16.6. The van der Waals surface area contributed by atoms with Gasteiger partial charge in [-0.3, -0.25) is 15.6 Å². The number of hydrogen-bond acceptors (Lipinski definition) is 8. The van der Waals surface area contributed by atoms with Crippen molar-refractivity contribution >= 4 is 24.0 Å². The van der Waals surface area contributed by atoms with Gasteiger partial charge in [0.15, 0.2) is 6.29 Å². The van der Waals surface area contributed by atoms with Crippen molar-refractivity contribution in [3.63, 3.8) is 0 Å². The Kier molecular flexibility index (Phi) is 12.0. The first kappa shape index (κ1) is 31.7. The quantitative estimate of drug-likeness (QED) is 0.128. The first-order chi connectivity index (χ1) is 20.1. The highest BCUT2D eigenvalue weighted by Gasteiger charge is 2.19. The molecule has 4 N–H and O–H groups in total. The van der Waals surface area contributed by atoms with Gasteiger partial charge in [0.2, 0.25) is 0 Å². The summed E-state index contributed by atoms with van der Waals surface area (Å²) < 4.78 is 15.9. The first-order valence-electron chi connectivity index (χ1n) is 13.7. The molecule has 0 atom stereocenters. The van der Waals surface area contributed by atoms with Gasteiger partial charge in [-0.05, 0) is 63.3 Å². The molecule has 3 rings (SSSR count). The van der Waals surface area contributed by atoms with Crippen LogP contribution >= 0.6 is 0 Å².